The van der Waals surface area contributed by atoms with E-state index in [1.54, 1.807) is 18.8 Å². The normalized spacial score (nSPS) is 11.6. The third-order valence-electron chi connectivity index (χ3n) is 2.53. The average Bonchev–Trinajstić information content (AvgIpc) is 2.49. The number of rotatable bonds is 7. The number of halogens is 4. The Morgan fingerprint density at radius 1 is 1.35 bits per heavy atom. The minimum absolute atomic E-state index is 0. The van der Waals surface area contributed by atoms with E-state index in [1.807, 2.05) is 6.26 Å². The predicted molar refractivity (Wildman–Crippen MR) is 97.9 cm³/mol. The van der Waals surface area contributed by atoms with Gasteiger partial charge in [-0.15, -0.1) is 24.0 Å². The second-order valence-electron chi connectivity index (χ2n) is 4.12. The maximum atomic E-state index is 12.7. The average molecular weight is 464 g/mol. The number of hydrogen-bond donors (Lipinski definition) is 2. The molecule has 0 fully saturated rings. The zero-order chi connectivity index (χ0) is 16.4. The third-order valence-corrected chi connectivity index (χ3v) is 3.14. The van der Waals surface area contributed by atoms with Gasteiger partial charge in [0.15, 0.2) is 5.96 Å². The maximum absolute atomic E-state index is 12.7. The minimum atomic E-state index is -4.48. The topological polar surface area (TPSA) is 58.5 Å². The van der Waals surface area contributed by atoms with Gasteiger partial charge in [-0.2, -0.15) is 24.9 Å². The standard InChI is InChI=1S/C13H19F3N4OS.HI/c1-17-12(20-7-9-22-2)19-6-8-21-11-10(13(14,15)16)4-3-5-18-11;/h3-5H,6-9H2,1-2H3,(H2,17,19,20);1H. The molecule has 1 aromatic heterocycles. The molecule has 23 heavy (non-hydrogen) atoms. The Balaban J connectivity index is 0.00000484. The van der Waals surface area contributed by atoms with E-state index in [0.717, 1.165) is 18.4 Å². The van der Waals surface area contributed by atoms with Gasteiger partial charge < -0.3 is 15.4 Å². The Morgan fingerprint density at radius 2 is 2.04 bits per heavy atom. The Hall–Kier alpha value is -0.910. The Bertz CT molecular complexity index is 489. The van der Waals surface area contributed by atoms with Gasteiger partial charge in [-0.25, -0.2) is 4.98 Å². The van der Waals surface area contributed by atoms with Crippen LogP contribution in [0, 0.1) is 0 Å². The van der Waals surface area contributed by atoms with Gasteiger partial charge >= 0.3 is 6.18 Å². The molecule has 2 N–H and O–H groups in total. The molecule has 0 saturated heterocycles. The van der Waals surface area contributed by atoms with Gasteiger partial charge in [-0.3, -0.25) is 4.99 Å². The lowest BCUT2D eigenvalue weighted by atomic mass is 10.2. The second kappa shape index (κ2) is 11.6. The van der Waals surface area contributed by atoms with Crippen molar-refractivity contribution in [1.29, 1.82) is 0 Å². The molecule has 10 heteroatoms. The van der Waals surface area contributed by atoms with Crippen molar-refractivity contribution in [3.8, 4) is 5.88 Å². The lowest BCUT2D eigenvalue weighted by Gasteiger charge is -2.14. The predicted octanol–water partition coefficient (Wildman–Crippen LogP) is 2.63. The highest BCUT2D eigenvalue weighted by atomic mass is 127. The Kier molecular flexibility index (Phi) is 11.1. The summed E-state index contributed by atoms with van der Waals surface area (Å²) in [7, 11) is 1.62. The third kappa shape index (κ3) is 8.49. The molecule has 0 saturated carbocycles. The smallest absolute Gasteiger partial charge is 0.421 e. The quantitative estimate of drug-likeness (QED) is 0.281. The first kappa shape index (κ1) is 22.1. The number of aliphatic imine (C=N–C) groups is 1. The van der Waals surface area contributed by atoms with Crippen molar-refractivity contribution in [2.75, 3.05) is 38.8 Å². The van der Waals surface area contributed by atoms with Crippen LogP contribution in [-0.2, 0) is 6.18 Å². The van der Waals surface area contributed by atoms with Crippen molar-refractivity contribution >= 4 is 41.7 Å². The van der Waals surface area contributed by atoms with Crippen LogP contribution in [0.15, 0.2) is 23.3 Å². The van der Waals surface area contributed by atoms with Crippen molar-refractivity contribution in [3.05, 3.63) is 23.9 Å². The van der Waals surface area contributed by atoms with Crippen LogP contribution in [0.5, 0.6) is 5.88 Å². The van der Waals surface area contributed by atoms with E-state index in [0.29, 0.717) is 12.5 Å². The summed E-state index contributed by atoms with van der Waals surface area (Å²) in [4.78, 5) is 7.62. The van der Waals surface area contributed by atoms with Gasteiger partial charge in [0.1, 0.15) is 12.2 Å². The van der Waals surface area contributed by atoms with Crippen molar-refractivity contribution < 1.29 is 17.9 Å². The van der Waals surface area contributed by atoms with E-state index in [4.69, 9.17) is 4.74 Å². The molecule has 0 aliphatic heterocycles. The number of guanidine groups is 1. The highest BCUT2D eigenvalue weighted by Gasteiger charge is 2.34. The molecular weight excluding hydrogens is 444 g/mol. The van der Waals surface area contributed by atoms with Crippen LogP contribution >= 0.6 is 35.7 Å². The van der Waals surface area contributed by atoms with Crippen LogP contribution in [0.4, 0.5) is 13.2 Å². The molecule has 0 aliphatic carbocycles. The summed E-state index contributed by atoms with van der Waals surface area (Å²) in [5.74, 6) is 1.09. The summed E-state index contributed by atoms with van der Waals surface area (Å²) in [5, 5.41) is 6.02. The van der Waals surface area contributed by atoms with Gasteiger partial charge in [0.2, 0.25) is 5.88 Å². The second-order valence-corrected chi connectivity index (χ2v) is 5.11. The monoisotopic (exact) mass is 464 g/mol. The first-order valence-corrected chi connectivity index (χ1v) is 7.97. The molecule has 1 rings (SSSR count). The van der Waals surface area contributed by atoms with Crippen LogP contribution in [-0.4, -0.2) is 49.7 Å². The van der Waals surface area contributed by atoms with E-state index in [-0.39, 0.29) is 30.6 Å². The van der Waals surface area contributed by atoms with E-state index in [1.165, 1.54) is 12.3 Å². The maximum Gasteiger partial charge on any atom is 0.421 e. The zero-order valence-corrected chi connectivity index (χ0v) is 16.0. The highest BCUT2D eigenvalue weighted by Crippen LogP contribution is 2.34. The number of ether oxygens (including phenoxy) is 1. The molecule has 0 amide bonds. The molecule has 1 heterocycles. The van der Waals surface area contributed by atoms with Crippen molar-refractivity contribution in [1.82, 2.24) is 15.6 Å². The number of pyridine rings is 1. The number of nitrogens with one attached hydrogen (secondary N) is 2. The van der Waals surface area contributed by atoms with Gasteiger partial charge in [0.05, 0.1) is 6.54 Å². The van der Waals surface area contributed by atoms with Gasteiger partial charge in [-0.05, 0) is 18.4 Å². The fourth-order valence-corrected chi connectivity index (χ4v) is 1.84. The highest BCUT2D eigenvalue weighted by molar-refractivity contribution is 14.0. The molecule has 0 radical (unpaired) electrons. The van der Waals surface area contributed by atoms with Crippen LogP contribution in [0.3, 0.4) is 0 Å². The van der Waals surface area contributed by atoms with Crippen molar-refractivity contribution in [2.24, 2.45) is 4.99 Å². The Labute approximate surface area is 154 Å². The van der Waals surface area contributed by atoms with Crippen LogP contribution in [0.25, 0.3) is 0 Å². The fraction of sp³-hybridized carbons (Fsp3) is 0.538. The Morgan fingerprint density at radius 3 is 2.65 bits per heavy atom. The van der Waals surface area contributed by atoms with Gasteiger partial charge in [0.25, 0.3) is 0 Å². The number of nitrogens with zero attached hydrogens (tertiary/aromatic N) is 2. The van der Waals surface area contributed by atoms with E-state index in [9.17, 15) is 13.2 Å². The number of hydrogen-bond acceptors (Lipinski definition) is 4. The summed E-state index contributed by atoms with van der Waals surface area (Å²) in [6.07, 6.45) is -1.22. The molecule has 0 aromatic carbocycles. The van der Waals surface area contributed by atoms with Crippen LogP contribution in [0.1, 0.15) is 5.56 Å². The molecular formula is C13H20F3IN4OS. The van der Waals surface area contributed by atoms with Crippen LogP contribution < -0.4 is 15.4 Å². The molecule has 0 unspecified atom stereocenters. The van der Waals surface area contributed by atoms with Gasteiger partial charge in [-0.1, -0.05) is 0 Å². The number of aromatic nitrogens is 1. The largest absolute Gasteiger partial charge is 0.475 e. The van der Waals surface area contributed by atoms with Crippen molar-refractivity contribution in [2.45, 2.75) is 6.18 Å². The minimum Gasteiger partial charge on any atom is -0.475 e. The first-order valence-electron chi connectivity index (χ1n) is 6.57. The lowest BCUT2D eigenvalue weighted by molar-refractivity contribution is -0.139. The molecule has 5 nitrogen and oxygen atoms in total. The lowest BCUT2D eigenvalue weighted by Crippen LogP contribution is -2.40. The summed E-state index contributed by atoms with van der Waals surface area (Å²) in [5.41, 5.74) is -0.877. The summed E-state index contributed by atoms with van der Waals surface area (Å²) >= 11 is 1.70. The molecule has 132 valence electrons. The summed E-state index contributed by atoms with van der Waals surface area (Å²) < 4.78 is 43.3. The molecule has 1 aromatic rings. The van der Waals surface area contributed by atoms with Crippen molar-refractivity contribution in [3.63, 3.8) is 0 Å². The van der Waals surface area contributed by atoms with Crippen LogP contribution in [0.2, 0.25) is 0 Å². The van der Waals surface area contributed by atoms with E-state index < -0.39 is 17.6 Å². The summed E-state index contributed by atoms with van der Waals surface area (Å²) in [6, 6.07) is 2.17. The van der Waals surface area contributed by atoms with E-state index >= 15 is 0 Å². The van der Waals surface area contributed by atoms with Gasteiger partial charge in [0, 0.05) is 25.5 Å². The molecule has 0 atom stereocenters. The first-order chi connectivity index (χ1) is 10.5. The molecule has 0 bridgehead atoms. The van der Waals surface area contributed by atoms with E-state index in [2.05, 4.69) is 20.6 Å². The zero-order valence-electron chi connectivity index (χ0n) is 12.8. The number of alkyl halides is 3. The number of thioether (sulfide) groups is 1. The summed E-state index contributed by atoms with van der Waals surface area (Å²) in [6.45, 7) is 1.11. The molecule has 0 spiro atoms. The molecule has 0 aliphatic rings. The fourth-order valence-electron chi connectivity index (χ4n) is 1.53. The SMILES string of the molecule is CN=C(NCCOc1ncccc1C(F)(F)F)NCCSC.I.